The minimum atomic E-state index is -1.66. The first-order chi connectivity index (χ1) is 12.1. The van der Waals surface area contributed by atoms with Gasteiger partial charge in [-0.05, 0) is 43.0 Å². The van der Waals surface area contributed by atoms with E-state index in [1.165, 1.54) is 0 Å². The van der Waals surface area contributed by atoms with Gasteiger partial charge in [-0.25, -0.2) is 0 Å². The molecule has 1 heterocycles. The second-order valence-electron chi connectivity index (χ2n) is 6.82. The molecule has 1 aliphatic heterocycles. The molecule has 1 fully saturated rings. The number of likely N-dealkylation sites (N-methyl/N-ethyl adjacent to an activating group) is 1. The third kappa shape index (κ3) is 3.75. The highest BCUT2D eigenvalue weighted by molar-refractivity contribution is 5.90. The van der Waals surface area contributed by atoms with Crippen molar-refractivity contribution in [3.8, 4) is 0 Å². The van der Waals surface area contributed by atoms with Crippen molar-refractivity contribution in [2.45, 2.75) is 18.4 Å². The molecule has 1 saturated heterocycles. The molecule has 0 spiro atoms. The van der Waals surface area contributed by atoms with Crippen LogP contribution in [0.1, 0.15) is 24.0 Å². The molecule has 0 unspecified atom stereocenters. The van der Waals surface area contributed by atoms with Gasteiger partial charge in [-0.15, -0.1) is 0 Å². The van der Waals surface area contributed by atoms with E-state index in [4.69, 9.17) is 0 Å². The topological polar surface area (TPSA) is 52.6 Å². The van der Waals surface area contributed by atoms with Crippen LogP contribution in [0.15, 0.2) is 60.7 Å². The van der Waals surface area contributed by atoms with Crippen LogP contribution in [-0.2, 0) is 10.4 Å². The lowest BCUT2D eigenvalue weighted by molar-refractivity contribution is -0.147. The number of piperidine rings is 1. The maximum atomic E-state index is 13.3. The smallest absolute Gasteiger partial charge is 0.263 e. The summed E-state index contributed by atoms with van der Waals surface area (Å²) in [5, 5.41) is 14.9. The molecule has 0 aliphatic carbocycles. The number of nitrogens with zero attached hydrogens (tertiary/aromatic N) is 1. The Morgan fingerprint density at radius 3 is 2.00 bits per heavy atom. The van der Waals surface area contributed by atoms with E-state index in [-0.39, 0.29) is 5.91 Å². The molecule has 2 aromatic carbocycles. The Balaban J connectivity index is 1.90. The summed E-state index contributed by atoms with van der Waals surface area (Å²) in [5.41, 5.74) is -0.462. The van der Waals surface area contributed by atoms with Crippen LogP contribution >= 0.6 is 0 Å². The molecule has 0 aromatic heterocycles. The number of carbonyl (C=O) groups excluding carboxylic acids is 1. The summed E-state index contributed by atoms with van der Waals surface area (Å²) in [6.07, 6.45) is 2.12. The molecule has 2 aromatic rings. The summed E-state index contributed by atoms with van der Waals surface area (Å²) in [5.74, 6) is 0.203. The second-order valence-corrected chi connectivity index (χ2v) is 6.82. The lowest BCUT2D eigenvalue weighted by atomic mass is 9.84. The second kappa shape index (κ2) is 7.81. The van der Waals surface area contributed by atoms with Crippen molar-refractivity contribution < 1.29 is 9.90 Å². The van der Waals surface area contributed by atoms with Crippen LogP contribution in [0.25, 0.3) is 0 Å². The summed E-state index contributed by atoms with van der Waals surface area (Å²) < 4.78 is 0. The molecule has 1 aliphatic rings. The summed E-state index contributed by atoms with van der Waals surface area (Å²) in [6, 6.07) is 18.4. The van der Waals surface area contributed by atoms with Crippen molar-refractivity contribution in [2.75, 3.05) is 26.7 Å². The highest BCUT2D eigenvalue weighted by Gasteiger charge is 2.42. The molecule has 3 rings (SSSR count). The zero-order chi connectivity index (χ0) is 17.7. The number of hydrogen-bond donors (Lipinski definition) is 2. The summed E-state index contributed by atoms with van der Waals surface area (Å²) in [7, 11) is 1.79. The van der Waals surface area contributed by atoms with Crippen molar-refractivity contribution in [3.05, 3.63) is 71.8 Å². The first-order valence-corrected chi connectivity index (χ1v) is 8.92. The van der Waals surface area contributed by atoms with Gasteiger partial charge in [0, 0.05) is 13.6 Å². The predicted octanol–water partition coefficient (Wildman–Crippen LogP) is 2.38. The number of benzene rings is 2. The van der Waals surface area contributed by atoms with Crippen LogP contribution in [-0.4, -0.2) is 42.6 Å². The van der Waals surface area contributed by atoms with Gasteiger partial charge in [-0.1, -0.05) is 60.7 Å². The zero-order valence-electron chi connectivity index (χ0n) is 14.7. The maximum absolute atomic E-state index is 13.3. The minimum absolute atomic E-state index is 0.275. The van der Waals surface area contributed by atoms with E-state index in [0.29, 0.717) is 23.6 Å². The molecule has 0 radical (unpaired) electrons. The molecule has 132 valence electrons. The number of amides is 1. The Morgan fingerprint density at radius 2 is 1.52 bits per heavy atom. The van der Waals surface area contributed by atoms with Gasteiger partial charge in [0.1, 0.15) is 0 Å². The van der Waals surface area contributed by atoms with Gasteiger partial charge in [0.15, 0.2) is 5.60 Å². The summed E-state index contributed by atoms with van der Waals surface area (Å²) >= 11 is 0. The molecule has 0 atom stereocenters. The van der Waals surface area contributed by atoms with Gasteiger partial charge in [-0.2, -0.15) is 0 Å². The Kier molecular flexibility index (Phi) is 5.51. The van der Waals surface area contributed by atoms with Gasteiger partial charge in [0.2, 0.25) is 0 Å². The van der Waals surface area contributed by atoms with E-state index in [1.54, 1.807) is 11.9 Å². The number of carbonyl (C=O) groups is 1. The predicted molar refractivity (Wildman–Crippen MR) is 99.1 cm³/mol. The Morgan fingerprint density at radius 1 is 1.04 bits per heavy atom. The van der Waals surface area contributed by atoms with Crippen LogP contribution in [0.5, 0.6) is 0 Å². The maximum Gasteiger partial charge on any atom is 0.263 e. The summed E-state index contributed by atoms with van der Waals surface area (Å²) in [4.78, 5) is 15.0. The van der Waals surface area contributed by atoms with Crippen molar-refractivity contribution >= 4 is 5.91 Å². The van der Waals surface area contributed by atoms with Crippen molar-refractivity contribution in [1.82, 2.24) is 10.2 Å². The zero-order valence-corrected chi connectivity index (χ0v) is 14.7. The number of rotatable bonds is 5. The first kappa shape index (κ1) is 17.6. The molecule has 0 saturated carbocycles. The standard InChI is InChI=1S/C21H26N2O2/c1-23(16-17-12-14-22-15-13-17)20(24)21(25,18-8-4-2-5-9-18)19-10-6-3-7-11-19/h2-11,17,22,25H,12-16H2,1H3. The fourth-order valence-corrected chi connectivity index (χ4v) is 3.58. The van der Waals surface area contributed by atoms with Crippen LogP contribution < -0.4 is 5.32 Å². The van der Waals surface area contributed by atoms with Gasteiger partial charge >= 0.3 is 0 Å². The molecule has 1 amide bonds. The van der Waals surface area contributed by atoms with Gasteiger partial charge in [0.25, 0.3) is 5.91 Å². The van der Waals surface area contributed by atoms with Gasteiger partial charge < -0.3 is 15.3 Å². The Labute approximate surface area is 149 Å². The van der Waals surface area contributed by atoms with E-state index in [9.17, 15) is 9.90 Å². The fraction of sp³-hybridized carbons (Fsp3) is 0.381. The van der Waals surface area contributed by atoms with Crippen molar-refractivity contribution in [3.63, 3.8) is 0 Å². The quantitative estimate of drug-likeness (QED) is 0.880. The number of hydrogen-bond acceptors (Lipinski definition) is 3. The molecule has 0 bridgehead atoms. The first-order valence-electron chi connectivity index (χ1n) is 8.92. The third-order valence-electron chi connectivity index (χ3n) is 5.03. The van der Waals surface area contributed by atoms with E-state index >= 15 is 0 Å². The molecular weight excluding hydrogens is 312 g/mol. The summed E-state index contributed by atoms with van der Waals surface area (Å²) in [6.45, 7) is 2.66. The molecule has 25 heavy (non-hydrogen) atoms. The molecule has 2 N–H and O–H groups in total. The largest absolute Gasteiger partial charge is 0.372 e. The highest BCUT2D eigenvalue weighted by atomic mass is 16.3. The Bertz CT molecular complexity index is 642. The van der Waals surface area contributed by atoms with Crippen molar-refractivity contribution in [1.29, 1.82) is 0 Å². The number of nitrogens with one attached hydrogen (secondary N) is 1. The van der Waals surface area contributed by atoms with Crippen LogP contribution in [0.2, 0.25) is 0 Å². The van der Waals surface area contributed by atoms with Crippen LogP contribution in [0, 0.1) is 5.92 Å². The monoisotopic (exact) mass is 338 g/mol. The fourth-order valence-electron chi connectivity index (χ4n) is 3.58. The molecule has 4 nitrogen and oxygen atoms in total. The van der Waals surface area contributed by atoms with Crippen LogP contribution in [0.4, 0.5) is 0 Å². The average Bonchev–Trinajstić information content (AvgIpc) is 2.69. The molecule has 4 heteroatoms. The van der Waals surface area contributed by atoms with Crippen molar-refractivity contribution in [2.24, 2.45) is 5.92 Å². The SMILES string of the molecule is CN(CC1CCNCC1)C(=O)C(O)(c1ccccc1)c1ccccc1. The van der Waals surface area contributed by atoms with Gasteiger partial charge in [-0.3, -0.25) is 4.79 Å². The average molecular weight is 338 g/mol. The lowest BCUT2D eigenvalue weighted by Crippen LogP contribution is -2.48. The van der Waals surface area contributed by atoms with E-state index in [0.717, 1.165) is 25.9 Å². The highest BCUT2D eigenvalue weighted by Crippen LogP contribution is 2.32. The normalized spacial score (nSPS) is 15.8. The van der Waals surface area contributed by atoms with Crippen LogP contribution in [0.3, 0.4) is 0 Å². The van der Waals surface area contributed by atoms with E-state index in [1.807, 2.05) is 60.7 Å². The van der Waals surface area contributed by atoms with E-state index in [2.05, 4.69) is 5.32 Å². The van der Waals surface area contributed by atoms with Gasteiger partial charge in [0.05, 0.1) is 0 Å². The Hall–Kier alpha value is -2.17. The number of aliphatic hydroxyl groups is 1. The lowest BCUT2D eigenvalue weighted by Gasteiger charge is -2.34. The molecular formula is C21H26N2O2. The van der Waals surface area contributed by atoms with E-state index < -0.39 is 5.60 Å². The minimum Gasteiger partial charge on any atom is -0.372 e. The third-order valence-corrected chi connectivity index (χ3v) is 5.03.